The third-order valence-electron chi connectivity index (χ3n) is 2.41. The van der Waals surface area contributed by atoms with Gasteiger partial charge in [-0.25, -0.2) is 9.78 Å². The van der Waals surface area contributed by atoms with Gasteiger partial charge in [-0.15, -0.1) is 0 Å². The molecule has 5 nitrogen and oxygen atoms in total. The quantitative estimate of drug-likeness (QED) is 0.436. The van der Waals surface area contributed by atoms with E-state index in [9.17, 15) is 9.59 Å². The lowest BCUT2D eigenvalue weighted by Crippen LogP contribution is -2.00. The fraction of sp³-hybridized carbons (Fsp3) is 0.308. The van der Waals surface area contributed by atoms with Crippen molar-refractivity contribution in [2.24, 2.45) is 0 Å². The third kappa shape index (κ3) is 4.37. The van der Waals surface area contributed by atoms with Crippen LogP contribution in [0.4, 0.5) is 5.82 Å². The SMILES string of the molecule is CNc1ncc(/C=C/C(=O)O)cc1CCCC=O. The smallest absolute Gasteiger partial charge is 0.328 e. The van der Waals surface area contributed by atoms with Crippen LogP contribution in [0.3, 0.4) is 0 Å². The van der Waals surface area contributed by atoms with Crippen LogP contribution < -0.4 is 5.32 Å². The number of rotatable bonds is 7. The van der Waals surface area contributed by atoms with Gasteiger partial charge in [0.1, 0.15) is 12.1 Å². The first-order valence-electron chi connectivity index (χ1n) is 5.68. The molecule has 1 rings (SSSR count). The Morgan fingerprint density at radius 2 is 2.33 bits per heavy atom. The molecule has 0 saturated carbocycles. The number of carbonyl (C=O) groups is 2. The summed E-state index contributed by atoms with van der Waals surface area (Å²) in [5, 5.41) is 11.5. The fourth-order valence-electron chi connectivity index (χ4n) is 1.58. The molecular formula is C13H16N2O3. The molecule has 0 aliphatic carbocycles. The van der Waals surface area contributed by atoms with Gasteiger partial charge in [0.15, 0.2) is 0 Å². The van der Waals surface area contributed by atoms with Gasteiger partial charge in [-0.1, -0.05) is 0 Å². The van der Waals surface area contributed by atoms with Crippen LogP contribution in [0.2, 0.25) is 0 Å². The van der Waals surface area contributed by atoms with E-state index in [4.69, 9.17) is 5.11 Å². The van der Waals surface area contributed by atoms with Crippen LogP contribution in [0.25, 0.3) is 6.08 Å². The summed E-state index contributed by atoms with van der Waals surface area (Å²) < 4.78 is 0. The largest absolute Gasteiger partial charge is 0.478 e. The molecule has 0 saturated heterocycles. The van der Waals surface area contributed by atoms with Gasteiger partial charge in [0, 0.05) is 25.7 Å². The van der Waals surface area contributed by atoms with Crippen LogP contribution in [0, 0.1) is 0 Å². The van der Waals surface area contributed by atoms with E-state index in [1.807, 2.05) is 6.07 Å². The summed E-state index contributed by atoms with van der Waals surface area (Å²) in [6, 6.07) is 1.88. The number of aliphatic carboxylic acids is 1. The first-order valence-corrected chi connectivity index (χ1v) is 5.68. The van der Waals surface area contributed by atoms with Crippen molar-refractivity contribution < 1.29 is 14.7 Å². The van der Waals surface area contributed by atoms with E-state index in [0.29, 0.717) is 6.42 Å². The van der Waals surface area contributed by atoms with Gasteiger partial charge in [0.2, 0.25) is 0 Å². The Hall–Kier alpha value is -2.17. The second-order valence-electron chi connectivity index (χ2n) is 3.76. The molecule has 0 bridgehead atoms. The molecule has 0 spiro atoms. The standard InChI is InChI=1S/C13H16N2O3/c1-14-13-11(4-2-3-7-16)8-10(9-15-13)5-6-12(17)18/h5-9H,2-4H2,1H3,(H,14,15)(H,17,18)/b6-5+. The van der Waals surface area contributed by atoms with Gasteiger partial charge >= 0.3 is 5.97 Å². The average molecular weight is 248 g/mol. The molecule has 0 radical (unpaired) electrons. The number of hydrogen-bond acceptors (Lipinski definition) is 4. The lowest BCUT2D eigenvalue weighted by Gasteiger charge is -2.08. The Morgan fingerprint density at radius 3 is 2.94 bits per heavy atom. The Balaban J connectivity index is 2.86. The van der Waals surface area contributed by atoms with E-state index in [2.05, 4.69) is 10.3 Å². The Labute approximate surface area is 106 Å². The minimum atomic E-state index is -0.991. The second-order valence-corrected chi connectivity index (χ2v) is 3.76. The first-order chi connectivity index (χ1) is 8.67. The minimum absolute atomic E-state index is 0.512. The maximum Gasteiger partial charge on any atom is 0.328 e. The zero-order chi connectivity index (χ0) is 13.4. The summed E-state index contributed by atoms with van der Waals surface area (Å²) >= 11 is 0. The maximum atomic E-state index is 10.4. The van der Waals surface area contributed by atoms with E-state index in [1.54, 1.807) is 13.2 Å². The van der Waals surface area contributed by atoms with Gasteiger partial charge < -0.3 is 15.2 Å². The summed E-state index contributed by atoms with van der Waals surface area (Å²) in [6.07, 6.45) is 7.07. The molecule has 1 aromatic rings. The van der Waals surface area contributed by atoms with E-state index < -0.39 is 5.97 Å². The molecule has 0 aromatic carbocycles. The van der Waals surface area contributed by atoms with E-state index in [-0.39, 0.29) is 0 Å². The highest BCUT2D eigenvalue weighted by atomic mass is 16.4. The van der Waals surface area contributed by atoms with Crippen molar-refractivity contribution in [1.29, 1.82) is 0 Å². The van der Waals surface area contributed by atoms with Gasteiger partial charge in [-0.2, -0.15) is 0 Å². The average Bonchev–Trinajstić information content (AvgIpc) is 2.37. The summed E-state index contributed by atoms with van der Waals surface area (Å²) in [4.78, 5) is 24.9. The summed E-state index contributed by atoms with van der Waals surface area (Å²) in [7, 11) is 1.78. The number of carbonyl (C=O) groups excluding carboxylic acids is 1. The number of aldehydes is 1. The number of hydrogen-bond donors (Lipinski definition) is 2. The molecule has 0 amide bonds. The summed E-state index contributed by atoms with van der Waals surface area (Å²) in [5.74, 6) is -0.233. The number of unbranched alkanes of at least 4 members (excludes halogenated alkanes) is 1. The van der Waals surface area contributed by atoms with Crippen LogP contribution in [-0.2, 0) is 16.0 Å². The van der Waals surface area contributed by atoms with Crippen LogP contribution in [0.15, 0.2) is 18.3 Å². The molecule has 2 N–H and O–H groups in total. The monoisotopic (exact) mass is 248 g/mol. The topological polar surface area (TPSA) is 79.3 Å². The van der Waals surface area contributed by atoms with Crippen LogP contribution in [0.1, 0.15) is 24.0 Å². The fourth-order valence-corrected chi connectivity index (χ4v) is 1.58. The molecule has 0 atom stereocenters. The predicted molar refractivity (Wildman–Crippen MR) is 69.5 cm³/mol. The number of carboxylic acid groups (broad SMARTS) is 1. The normalized spacial score (nSPS) is 10.5. The third-order valence-corrected chi connectivity index (χ3v) is 2.41. The molecule has 0 aliphatic rings. The minimum Gasteiger partial charge on any atom is -0.478 e. The van der Waals surface area contributed by atoms with Crippen molar-refractivity contribution in [2.45, 2.75) is 19.3 Å². The maximum absolute atomic E-state index is 10.4. The van der Waals surface area contributed by atoms with Gasteiger partial charge in [0.05, 0.1) is 0 Å². The number of anilines is 1. The van der Waals surface area contributed by atoms with E-state index in [1.165, 1.54) is 6.08 Å². The molecule has 96 valence electrons. The van der Waals surface area contributed by atoms with Crippen molar-refractivity contribution in [3.63, 3.8) is 0 Å². The molecular weight excluding hydrogens is 232 g/mol. The van der Waals surface area contributed by atoms with E-state index in [0.717, 1.165) is 42.1 Å². The van der Waals surface area contributed by atoms with Crippen molar-refractivity contribution in [1.82, 2.24) is 4.98 Å². The highest BCUT2D eigenvalue weighted by Gasteiger charge is 2.03. The molecule has 18 heavy (non-hydrogen) atoms. The highest BCUT2D eigenvalue weighted by molar-refractivity contribution is 5.85. The Morgan fingerprint density at radius 1 is 1.56 bits per heavy atom. The molecule has 1 heterocycles. The lowest BCUT2D eigenvalue weighted by molar-refractivity contribution is -0.131. The van der Waals surface area contributed by atoms with Crippen LogP contribution in [0.5, 0.6) is 0 Å². The number of carboxylic acids is 1. The number of pyridine rings is 1. The number of nitrogens with zero attached hydrogens (tertiary/aromatic N) is 1. The van der Waals surface area contributed by atoms with Crippen molar-refractivity contribution >= 4 is 24.1 Å². The number of aromatic nitrogens is 1. The van der Waals surface area contributed by atoms with Crippen molar-refractivity contribution in [2.75, 3.05) is 12.4 Å². The number of aryl methyl sites for hydroxylation is 1. The molecule has 0 unspecified atom stereocenters. The van der Waals surface area contributed by atoms with Crippen LogP contribution in [-0.4, -0.2) is 29.4 Å². The van der Waals surface area contributed by atoms with Gasteiger partial charge in [0.25, 0.3) is 0 Å². The van der Waals surface area contributed by atoms with Crippen molar-refractivity contribution in [3.05, 3.63) is 29.5 Å². The van der Waals surface area contributed by atoms with Crippen molar-refractivity contribution in [3.8, 4) is 0 Å². The summed E-state index contributed by atoms with van der Waals surface area (Å²) in [5.41, 5.74) is 1.71. The van der Waals surface area contributed by atoms with Gasteiger partial charge in [-0.3, -0.25) is 0 Å². The molecule has 0 aliphatic heterocycles. The Kier molecular flexibility index (Phi) is 5.57. The summed E-state index contributed by atoms with van der Waals surface area (Å²) in [6.45, 7) is 0. The van der Waals surface area contributed by atoms with Gasteiger partial charge in [-0.05, 0) is 36.1 Å². The zero-order valence-corrected chi connectivity index (χ0v) is 10.2. The van der Waals surface area contributed by atoms with Crippen LogP contribution >= 0.6 is 0 Å². The number of nitrogens with one attached hydrogen (secondary N) is 1. The molecule has 0 fully saturated rings. The molecule has 5 heteroatoms. The van der Waals surface area contributed by atoms with E-state index >= 15 is 0 Å². The highest BCUT2D eigenvalue weighted by Crippen LogP contribution is 2.17. The Bertz CT molecular complexity index is 456. The lowest BCUT2D eigenvalue weighted by atomic mass is 10.1. The predicted octanol–water partition coefficient (Wildman–Crippen LogP) is 1.74. The zero-order valence-electron chi connectivity index (χ0n) is 10.2. The first kappa shape index (κ1) is 13.9. The molecule has 1 aromatic heterocycles. The second kappa shape index (κ2) is 7.21.